The second-order valence-electron chi connectivity index (χ2n) is 13.4. The quantitative estimate of drug-likeness (QED) is 0.140. The maximum absolute atomic E-state index is 7.77. The molecule has 0 aliphatic carbocycles. The normalized spacial score (nSPS) is 22.7. The van der Waals surface area contributed by atoms with E-state index in [2.05, 4.69) is 144 Å². The Balaban J connectivity index is 1.67. The van der Waals surface area contributed by atoms with Gasteiger partial charge in [0.05, 0.1) is 18.8 Å². The van der Waals surface area contributed by atoms with Crippen LogP contribution in [0.25, 0.3) is 0 Å². The highest BCUT2D eigenvalue weighted by molar-refractivity contribution is 7.07. The average Bonchev–Trinajstić information content (AvgIpc) is 3.05. The van der Waals surface area contributed by atoms with Crippen molar-refractivity contribution in [1.29, 1.82) is 0 Å². The first-order chi connectivity index (χ1) is 21.6. The highest BCUT2D eigenvalue weighted by Crippen LogP contribution is 2.41. The van der Waals surface area contributed by atoms with E-state index in [9.17, 15) is 0 Å². The van der Waals surface area contributed by atoms with E-state index in [1.807, 2.05) is 18.2 Å². The number of hydrogen-bond donors (Lipinski definition) is 0. The van der Waals surface area contributed by atoms with Crippen LogP contribution in [0.2, 0.25) is 18.1 Å². The Bertz CT molecular complexity index is 1370. The molecule has 1 fully saturated rings. The van der Waals surface area contributed by atoms with Crippen molar-refractivity contribution in [2.24, 2.45) is 0 Å². The Kier molecular flexibility index (Phi) is 10.6. The van der Waals surface area contributed by atoms with Crippen LogP contribution in [0.3, 0.4) is 0 Å². The summed E-state index contributed by atoms with van der Waals surface area (Å²) < 4.78 is 34.5. The molecule has 1 aliphatic heterocycles. The number of hydrogen-bond acceptors (Lipinski definition) is 5. The van der Waals surface area contributed by atoms with Crippen molar-refractivity contribution in [3.05, 3.63) is 127 Å². The molecule has 5 rings (SSSR count). The van der Waals surface area contributed by atoms with Crippen molar-refractivity contribution in [1.82, 2.24) is 0 Å². The Hall–Kier alpha value is -2.89. The Morgan fingerprint density at radius 1 is 0.622 bits per heavy atom. The number of rotatable bonds is 11. The first-order valence-electron chi connectivity index (χ1n) is 15.9. The van der Waals surface area contributed by atoms with Crippen LogP contribution in [0.4, 0.5) is 0 Å². The second-order valence-corrected chi connectivity index (χ2v) is 21.5. The van der Waals surface area contributed by atoms with E-state index in [0.29, 0.717) is 6.61 Å². The van der Waals surface area contributed by atoms with Crippen molar-refractivity contribution in [2.45, 2.75) is 83.1 Å². The van der Waals surface area contributed by atoms with E-state index < -0.39 is 41.2 Å². The maximum Gasteiger partial charge on any atom is 0.288 e. The van der Waals surface area contributed by atoms with Crippen LogP contribution in [0.15, 0.2) is 121 Å². The third-order valence-electron chi connectivity index (χ3n) is 9.34. The lowest BCUT2D eigenvalue weighted by molar-refractivity contribution is -0.292. The fourth-order valence-corrected chi connectivity index (χ4v) is 11.3. The highest BCUT2D eigenvalue weighted by Gasteiger charge is 2.55. The van der Waals surface area contributed by atoms with Gasteiger partial charge in [0.2, 0.25) is 0 Å². The van der Waals surface area contributed by atoms with Gasteiger partial charge in [0.25, 0.3) is 8.32 Å². The van der Waals surface area contributed by atoms with Gasteiger partial charge in [-0.1, -0.05) is 142 Å². The molecule has 0 bridgehead atoms. The van der Waals surface area contributed by atoms with Crippen molar-refractivity contribution in [3.8, 4) is 0 Å². The van der Waals surface area contributed by atoms with Gasteiger partial charge < -0.3 is 23.1 Å². The predicted octanol–water partition coefficient (Wildman–Crippen LogP) is 6.41. The predicted molar refractivity (Wildman–Crippen MR) is 187 cm³/mol. The summed E-state index contributed by atoms with van der Waals surface area (Å²) in [6.07, 6.45) is -2.34. The van der Waals surface area contributed by atoms with Crippen LogP contribution in [0.1, 0.15) is 33.3 Å². The molecule has 1 aliphatic rings. The summed E-state index contributed by atoms with van der Waals surface area (Å²) in [4.78, 5) is 0. The molecule has 0 spiro atoms. The van der Waals surface area contributed by atoms with Gasteiger partial charge >= 0.3 is 0 Å². The number of ether oxygens (including phenoxy) is 3. The zero-order valence-electron chi connectivity index (χ0n) is 27.7. The molecule has 45 heavy (non-hydrogen) atoms. The largest absolute Gasteiger partial charge is 0.408 e. The van der Waals surface area contributed by atoms with Crippen molar-refractivity contribution < 1.29 is 23.1 Å². The van der Waals surface area contributed by atoms with Gasteiger partial charge in [0, 0.05) is 7.11 Å². The zero-order valence-corrected chi connectivity index (χ0v) is 29.7. The minimum absolute atomic E-state index is 0.0293. The van der Waals surface area contributed by atoms with Gasteiger partial charge in [-0.05, 0) is 46.2 Å². The third-order valence-corrected chi connectivity index (χ3v) is 17.9. The third kappa shape index (κ3) is 7.25. The first kappa shape index (κ1) is 33.5. The fourth-order valence-electron chi connectivity index (χ4n) is 5.85. The molecule has 7 heteroatoms. The van der Waals surface area contributed by atoms with Crippen LogP contribution in [-0.4, -0.2) is 54.5 Å². The lowest BCUT2D eigenvalue weighted by Gasteiger charge is -2.51. The summed E-state index contributed by atoms with van der Waals surface area (Å²) in [6, 6.07) is 42.2. The minimum Gasteiger partial charge on any atom is -0.408 e. The average molecular weight is 641 g/mol. The molecule has 4 aromatic rings. The molecule has 5 nitrogen and oxygen atoms in total. The summed E-state index contributed by atoms with van der Waals surface area (Å²) >= 11 is 0. The Labute approximate surface area is 271 Å². The molecule has 0 N–H and O–H groups in total. The molecule has 4 aromatic carbocycles. The van der Waals surface area contributed by atoms with Crippen LogP contribution in [-0.2, 0) is 29.7 Å². The fraction of sp³-hybridized carbons (Fsp3) is 0.368. The van der Waals surface area contributed by atoms with Gasteiger partial charge in [-0.15, -0.1) is 0 Å². The van der Waals surface area contributed by atoms with Gasteiger partial charge in [0.15, 0.2) is 14.6 Å². The van der Waals surface area contributed by atoms with Gasteiger partial charge in [0.1, 0.15) is 12.2 Å². The standard InChI is InChI=1S/C38H48O5Si2/c1-29-34(43-45(31-22-14-9-15-23-31,32-24-16-10-17-25-32)33-26-18-11-19-27-33)35(42-44(6,7)38(2,3)4)36(37(39-5)41-29)40-28-30-20-12-8-13-21-30/h8-27,29,34-37H,28H2,1-7H3/t29-,34-,35+,36+,37+/m0/s1. The summed E-state index contributed by atoms with van der Waals surface area (Å²) in [5.41, 5.74) is 1.08. The monoisotopic (exact) mass is 640 g/mol. The van der Waals surface area contributed by atoms with E-state index in [0.717, 1.165) is 21.1 Å². The minimum atomic E-state index is -3.11. The first-order valence-corrected chi connectivity index (χ1v) is 20.7. The topological polar surface area (TPSA) is 46.2 Å². The molecule has 0 radical (unpaired) electrons. The van der Waals surface area contributed by atoms with Gasteiger partial charge in [-0.3, -0.25) is 0 Å². The van der Waals surface area contributed by atoms with Gasteiger partial charge in [-0.25, -0.2) is 0 Å². The van der Waals surface area contributed by atoms with Crippen LogP contribution < -0.4 is 15.6 Å². The molecule has 1 saturated heterocycles. The summed E-state index contributed by atoms with van der Waals surface area (Å²) in [6.45, 7) is 13.9. The number of methoxy groups -OCH3 is 1. The summed E-state index contributed by atoms with van der Waals surface area (Å²) in [7, 11) is -3.75. The SMILES string of the molecule is CO[C@@H]1O[C@@H](C)[C@H](O[Si](c2ccccc2)(c2ccccc2)c2ccccc2)[C@@H](O[Si](C)(C)C(C)(C)C)[C@H]1OCc1ccccc1. The summed E-state index contributed by atoms with van der Waals surface area (Å²) in [5.74, 6) is 0. The molecular weight excluding hydrogens is 593 g/mol. The van der Waals surface area contributed by atoms with Crippen molar-refractivity contribution >= 4 is 32.2 Å². The van der Waals surface area contributed by atoms with E-state index in [4.69, 9.17) is 23.1 Å². The molecule has 0 aromatic heterocycles. The van der Waals surface area contributed by atoms with E-state index >= 15 is 0 Å². The lowest BCUT2D eigenvalue weighted by atomic mass is 9.99. The lowest BCUT2D eigenvalue weighted by Crippen LogP contribution is -2.74. The second kappa shape index (κ2) is 14.3. The van der Waals surface area contributed by atoms with Crippen LogP contribution in [0, 0.1) is 0 Å². The smallest absolute Gasteiger partial charge is 0.288 e. The van der Waals surface area contributed by atoms with Crippen LogP contribution in [0.5, 0.6) is 0 Å². The molecule has 0 amide bonds. The zero-order chi connectivity index (χ0) is 32.1. The van der Waals surface area contributed by atoms with Crippen molar-refractivity contribution in [2.75, 3.05) is 7.11 Å². The van der Waals surface area contributed by atoms with Crippen LogP contribution >= 0.6 is 0 Å². The Morgan fingerprint density at radius 2 is 1.07 bits per heavy atom. The molecule has 0 unspecified atom stereocenters. The van der Waals surface area contributed by atoms with Crippen molar-refractivity contribution in [3.63, 3.8) is 0 Å². The molecule has 0 saturated carbocycles. The number of benzene rings is 4. The van der Waals surface area contributed by atoms with E-state index in [1.54, 1.807) is 7.11 Å². The van der Waals surface area contributed by atoms with Gasteiger partial charge in [-0.2, -0.15) is 0 Å². The Morgan fingerprint density at radius 3 is 1.49 bits per heavy atom. The maximum atomic E-state index is 7.77. The molecular formula is C38H48O5Si2. The molecule has 5 atom stereocenters. The summed E-state index contributed by atoms with van der Waals surface area (Å²) in [5, 5.41) is 3.46. The highest BCUT2D eigenvalue weighted by atomic mass is 28.4. The molecule has 238 valence electrons. The van der Waals surface area contributed by atoms with E-state index in [1.165, 1.54) is 0 Å². The molecule has 1 heterocycles. The van der Waals surface area contributed by atoms with E-state index in [-0.39, 0.29) is 11.1 Å².